The Morgan fingerprint density at radius 1 is 1.18 bits per heavy atom. The van der Waals surface area contributed by atoms with Gasteiger partial charge in [-0.3, -0.25) is 9.20 Å². The number of amides is 1. The highest BCUT2D eigenvalue weighted by molar-refractivity contribution is 5.97. The molecule has 10 heteroatoms. The maximum atomic E-state index is 11.7. The van der Waals surface area contributed by atoms with Crippen molar-refractivity contribution in [3.05, 3.63) is 30.4 Å². The molecule has 0 aromatic carbocycles. The van der Waals surface area contributed by atoms with Crippen molar-refractivity contribution in [2.45, 2.75) is 32.7 Å². The summed E-state index contributed by atoms with van der Waals surface area (Å²) in [5.41, 5.74) is 3.49. The van der Waals surface area contributed by atoms with Crippen LogP contribution >= 0.6 is 0 Å². The average molecular weight is 447 g/mol. The lowest BCUT2D eigenvalue weighted by atomic mass is 10.0. The third-order valence-corrected chi connectivity index (χ3v) is 7.11. The molecule has 0 bridgehead atoms. The number of fused-ring (bicyclic) bond motifs is 3. The number of hydrogen-bond donors (Lipinski definition) is 2. The number of rotatable bonds is 4. The van der Waals surface area contributed by atoms with E-state index in [1.807, 2.05) is 40.8 Å². The molecule has 0 spiro atoms. The van der Waals surface area contributed by atoms with E-state index in [1.54, 1.807) is 14.0 Å². The lowest BCUT2D eigenvalue weighted by molar-refractivity contribution is -0.128. The van der Waals surface area contributed by atoms with E-state index in [9.17, 15) is 4.79 Å². The Morgan fingerprint density at radius 2 is 1.97 bits per heavy atom. The Morgan fingerprint density at radius 3 is 2.70 bits per heavy atom. The predicted molar refractivity (Wildman–Crippen MR) is 123 cm³/mol. The fourth-order valence-corrected chi connectivity index (χ4v) is 5.46. The minimum absolute atomic E-state index is 0.175. The molecule has 33 heavy (non-hydrogen) atoms. The van der Waals surface area contributed by atoms with Gasteiger partial charge in [-0.1, -0.05) is 0 Å². The second-order valence-corrected chi connectivity index (χ2v) is 9.13. The first-order valence-corrected chi connectivity index (χ1v) is 11.3. The second kappa shape index (κ2) is 7.43. The predicted octanol–water partition coefficient (Wildman–Crippen LogP) is 2.65. The third-order valence-electron chi connectivity index (χ3n) is 7.11. The first kappa shape index (κ1) is 20.0. The molecule has 3 atom stereocenters. The Labute approximate surface area is 190 Å². The Balaban J connectivity index is 1.28. The van der Waals surface area contributed by atoms with Gasteiger partial charge in [0.25, 0.3) is 0 Å². The first-order chi connectivity index (χ1) is 16.0. The molecule has 2 N–H and O–H groups in total. The summed E-state index contributed by atoms with van der Waals surface area (Å²) in [4.78, 5) is 26.4. The van der Waals surface area contributed by atoms with Gasteiger partial charge in [0.05, 0.1) is 12.5 Å². The molecule has 2 aliphatic rings. The highest BCUT2D eigenvalue weighted by Gasteiger charge is 2.41. The molecule has 10 nitrogen and oxygen atoms in total. The van der Waals surface area contributed by atoms with Crippen LogP contribution in [0.15, 0.2) is 24.5 Å². The topological polar surface area (TPSA) is 113 Å². The zero-order valence-corrected chi connectivity index (χ0v) is 18.9. The number of carbonyl (C=O) groups is 1. The number of pyridine rings is 1. The van der Waals surface area contributed by atoms with E-state index in [0.717, 1.165) is 59.6 Å². The number of aromatic amines is 1. The number of H-pyrrole nitrogens is 1. The number of nitrogens with one attached hydrogen (secondary N) is 2. The quantitative estimate of drug-likeness (QED) is 0.495. The monoisotopic (exact) mass is 446 g/mol. The molecule has 1 saturated carbocycles. The van der Waals surface area contributed by atoms with Crippen LogP contribution in [0.1, 0.15) is 25.6 Å². The number of aryl methyl sites for hydroxylation is 1. The first-order valence-electron chi connectivity index (χ1n) is 11.3. The Kier molecular flexibility index (Phi) is 4.49. The molecule has 1 aliphatic heterocycles. The van der Waals surface area contributed by atoms with Crippen molar-refractivity contribution in [2.75, 3.05) is 25.5 Å². The fourth-order valence-electron chi connectivity index (χ4n) is 5.46. The number of hydrogen-bond acceptors (Lipinski definition) is 7. The molecular formula is C23H26N8O2. The van der Waals surface area contributed by atoms with Crippen molar-refractivity contribution in [1.29, 1.82) is 0 Å². The minimum Gasteiger partial charge on any atom is -0.480 e. The van der Waals surface area contributed by atoms with E-state index in [0.29, 0.717) is 29.7 Å². The molecule has 1 aliphatic carbocycles. The smallest absolute Gasteiger partial charge is 0.228 e. The maximum Gasteiger partial charge on any atom is 0.228 e. The fraction of sp³-hybridized carbons (Fsp3) is 0.435. The number of aromatic nitrogens is 6. The van der Waals surface area contributed by atoms with Crippen molar-refractivity contribution in [2.24, 2.45) is 11.8 Å². The lowest BCUT2D eigenvalue weighted by Crippen LogP contribution is -2.29. The van der Waals surface area contributed by atoms with Crippen LogP contribution in [0.2, 0.25) is 0 Å². The molecule has 0 unspecified atom stereocenters. The zero-order valence-electron chi connectivity index (χ0n) is 18.9. The second-order valence-electron chi connectivity index (χ2n) is 9.13. The summed E-state index contributed by atoms with van der Waals surface area (Å²) in [5, 5.41) is 12.6. The molecule has 4 aromatic heterocycles. The molecule has 0 radical (unpaired) electrons. The molecule has 1 saturated heterocycles. The summed E-state index contributed by atoms with van der Waals surface area (Å²) in [6.45, 7) is 5.30. The van der Waals surface area contributed by atoms with Gasteiger partial charge in [-0.15, -0.1) is 10.2 Å². The van der Waals surface area contributed by atoms with Crippen molar-refractivity contribution in [1.82, 2.24) is 34.4 Å². The largest absolute Gasteiger partial charge is 0.480 e. The van der Waals surface area contributed by atoms with E-state index >= 15 is 0 Å². The maximum absolute atomic E-state index is 11.7. The molecular weight excluding hydrogens is 420 g/mol. The van der Waals surface area contributed by atoms with Crippen LogP contribution in [-0.4, -0.2) is 66.6 Å². The van der Waals surface area contributed by atoms with E-state index in [-0.39, 0.29) is 5.91 Å². The van der Waals surface area contributed by atoms with Gasteiger partial charge in [0.15, 0.2) is 5.65 Å². The number of anilines is 1. The molecule has 1 amide bonds. The molecule has 5 heterocycles. The highest BCUT2D eigenvalue weighted by atomic mass is 16.5. The number of likely N-dealkylation sites (tertiary alicyclic amines) is 1. The molecule has 4 aromatic rings. The van der Waals surface area contributed by atoms with Gasteiger partial charge in [0.1, 0.15) is 11.5 Å². The summed E-state index contributed by atoms with van der Waals surface area (Å²) in [7, 11) is 1.63. The van der Waals surface area contributed by atoms with Crippen molar-refractivity contribution in [3.8, 4) is 17.0 Å². The lowest BCUT2D eigenvalue weighted by Gasteiger charge is -2.18. The zero-order chi connectivity index (χ0) is 22.7. The highest BCUT2D eigenvalue weighted by Crippen LogP contribution is 2.40. The van der Waals surface area contributed by atoms with Gasteiger partial charge >= 0.3 is 0 Å². The van der Waals surface area contributed by atoms with Crippen molar-refractivity contribution in [3.63, 3.8) is 0 Å². The summed E-state index contributed by atoms with van der Waals surface area (Å²) in [6.07, 6.45) is 5.99. The van der Waals surface area contributed by atoms with Crippen LogP contribution in [0.3, 0.4) is 0 Å². The molecule has 2 fully saturated rings. The number of methoxy groups -OCH3 is 1. The van der Waals surface area contributed by atoms with Gasteiger partial charge in [0.2, 0.25) is 17.7 Å². The van der Waals surface area contributed by atoms with E-state index in [1.165, 1.54) is 0 Å². The van der Waals surface area contributed by atoms with Crippen LogP contribution in [0.4, 0.5) is 5.95 Å². The standard InChI is InChI=1S/C23H26N8O2/c1-12-28-29-19-5-4-14(11-31(12)19)18-8-24-21-20(18)22(33-3)27-23(26-21)25-17-6-15-9-30(13(2)32)10-16(15)7-17/h4-5,8,11,15-17H,6-7,9-10H2,1-3H3,(H2,24,25,26,27)/t15-,16+,17-. The summed E-state index contributed by atoms with van der Waals surface area (Å²) >= 11 is 0. The SMILES string of the molecule is COc1nc(N[C@@H]2C[C@@H]3CN(C(C)=O)C[C@@H]3C2)nc2[nH]cc(-c3ccc4nnc(C)n4c3)c12. The number of carbonyl (C=O) groups excluding carboxylic acids is 1. The normalized spacial score (nSPS) is 22.3. The average Bonchev–Trinajstić information content (AvgIpc) is 3.56. The molecule has 170 valence electrons. The summed E-state index contributed by atoms with van der Waals surface area (Å²) in [5.74, 6) is 3.18. The van der Waals surface area contributed by atoms with Gasteiger partial charge < -0.3 is 19.9 Å². The van der Waals surface area contributed by atoms with E-state index < -0.39 is 0 Å². The number of ether oxygens (including phenoxy) is 1. The number of nitrogens with zero attached hydrogens (tertiary/aromatic N) is 6. The van der Waals surface area contributed by atoms with Crippen LogP contribution in [-0.2, 0) is 4.79 Å². The van der Waals surface area contributed by atoms with E-state index in [4.69, 9.17) is 9.72 Å². The summed E-state index contributed by atoms with van der Waals surface area (Å²) < 4.78 is 7.64. The van der Waals surface area contributed by atoms with Crippen LogP contribution in [0.25, 0.3) is 27.8 Å². The van der Waals surface area contributed by atoms with Crippen LogP contribution in [0, 0.1) is 18.8 Å². The van der Waals surface area contributed by atoms with Crippen LogP contribution < -0.4 is 10.1 Å². The van der Waals surface area contributed by atoms with Crippen molar-refractivity contribution >= 4 is 28.5 Å². The Bertz CT molecular complexity index is 1360. The van der Waals surface area contributed by atoms with Gasteiger partial charge in [0, 0.05) is 49.6 Å². The Hall–Kier alpha value is -3.69. The van der Waals surface area contributed by atoms with Crippen molar-refractivity contribution < 1.29 is 9.53 Å². The minimum atomic E-state index is 0.175. The summed E-state index contributed by atoms with van der Waals surface area (Å²) in [6, 6.07) is 4.26. The van der Waals surface area contributed by atoms with E-state index in [2.05, 4.69) is 25.5 Å². The van der Waals surface area contributed by atoms with Gasteiger partial charge in [-0.2, -0.15) is 9.97 Å². The molecule has 6 rings (SSSR count). The van der Waals surface area contributed by atoms with Gasteiger partial charge in [-0.25, -0.2) is 0 Å². The van der Waals surface area contributed by atoms with Gasteiger partial charge in [-0.05, 0) is 43.7 Å². The van der Waals surface area contributed by atoms with Crippen LogP contribution in [0.5, 0.6) is 5.88 Å². The third kappa shape index (κ3) is 3.28.